The van der Waals surface area contributed by atoms with Crippen LogP contribution in [0.2, 0.25) is 0 Å². The van der Waals surface area contributed by atoms with Gasteiger partial charge in [-0.25, -0.2) is 0 Å². The summed E-state index contributed by atoms with van der Waals surface area (Å²) < 4.78 is 33.6. The maximum absolute atomic E-state index is 11.5. The summed E-state index contributed by atoms with van der Waals surface area (Å²) in [6.07, 6.45) is 19.5. The Balaban J connectivity index is -0.000000255. The molecule has 30 heteroatoms. The molecular weight excluding hydrogens is 1600 g/mol. The quantitative estimate of drug-likeness (QED) is 0.0553. The van der Waals surface area contributed by atoms with Crippen LogP contribution >= 0.6 is 0 Å². The maximum Gasteiger partial charge on any atom is 0.158 e. The molecule has 0 aromatic rings. The van der Waals surface area contributed by atoms with Crippen LogP contribution in [-0.2, 0) is 139 Å². The first-order valence-electron chi connectivity index (χ1n) is 43.6. The zero-order valence-electron chi connectivity index (χ0n) is 77.5. The Morgan fingerprint density at radius 1 is 0.187 bits per heavy atom. The molecule has 0 aromatic heterocycles. The molecule has 0 fully saturated rings. The molecule has 0 heterocycles. The lowest BCUT2D eigenvalue weighted by Crippen LogP contribution is -2.12. The van der Waals surface area contributed by atoms with E-state index in [1.54, 1.807) is 42.5 Å². The van der Waals surface area contributed by atoms with Gasteiger partial charge in [0.25, 0.3) is 0 Å². The van der Waals surface area contributed by atoms with E-state index in [4.69, 9.17) is 28.4 Å². The number of ketones is 22. The third-order valence-corrected chi connectivity index (χ3v) is 18.0. The number of methoxy groups -OCH3 is 7. The van der Waals surface area contributed by atoms with Gasteiger partial charge >= 0.3 is 0 Å². The molecule has 708 valence electrons. The normalized spacial score (nSPS) is 10.5. The van der Waals surface area contributed by atoms with Gasteiger partial charge in [0.2, 0.25) is 0 Å². The molecule has 0 spiro atoms. The second-order valence-electron chi connectivity index (χ2n) is 30.2. The standard InChI is InChI=1S/C15H24O5.C13H20O5.2C13H22O4.C13H24O4.2C13H22O4/c1-12(16)5-6-14(18)9-10-15(19)8-7-13(17)4-3-11-20-2;1-10(14)3-4-11(15)5-6-12(16)7-8-13(17)9-18-2;1-11(14)8-9-13(16)6-3-5-12(15)7-4-10-17-2;1-11(14)5-3-6-12(15)8-9-13(16)7-4-10-17-2;1-11(14)5-3-4-6-12(15)7-8-13(16)9-10-17-2;1-3-11(14)5-4-6-12(15)7-8-13(16)9-10-17-2;1-3-4-11(14)5-6-12(15)7-8-13(16)9-10-17-2/h3-11H2,1-2H3;3-9H2,1-2H3;2*3-10H2,1-2H3;13,16H,3-10H2,1-2H3;2*3-10H2,1-2H3. The fourth-order valence-electron chi connectivity index (χ4n) is 10.3. The Bertz CT molecular complexity index is 3030. The van der Waals surface area contributed by atoms with Crippen molar-refractivity contribution in [3.63, 3.8) is 0 Å². The van der Waals surface area contributed by atoms with Crippen LogP contribution in [0.1, 0.15) is 363 Å². The Morgan fingerprint density at radius 2 is 0.390 bits per heavy atom. The molecule has 1 N–H and O–H groups in total. The van der Waals surface area contributed by atoms with Crippen molar-refractivity contribution in [2.45, 2.75) is 369 Å². The van der Waals surface area contributed by atoms with E-state index in [-0.39, 0.29) is 230 Å². The number of unbranched alkanes of at least 4 members (excludes halogenated alkanes) is 1. The van der Waals surface area contributed by atoms with E-state index in [0.717, 1.165) is 25.7 Å². The number of ether oxygens (including phenoxy) is 7. The van der Waals surface area contributed by atoms with Gasteiger partial charge in [-0.15, -0.1) is 0 Å². The first-order valence-corrected chi connectivity index (χ1v) is 43.6. The monoisotopic (exact) mass is 1750 g/mol. The fraction of sp³-hybridized carbons (Fsp3) is 0.763. The van der Waals surface area contributed by atoms with E-state index in [0.29, 0.717) is 232 Å². The van der Waals surface area contributed by atoms with Crippen LogP contribution in [0.3, 0.4) is 0 Å². The molecule has 0 saturated carbocycles. The van der Waals surface area contributed by atoms with Crippen molar-refractivity contribution >= 4 is 127 Å². The molecule has 30 nitrogen and oxygen atoms in total. The number of rotatable bonds is 79. The van der Waals surface area contributed by atoms with Gasteiger partial charge in [-0.3, -0.25) is 81.5 Å². The second-order valence-corrected chi connectivity index (χ2v) is 30.2. The smallest absolute Gasteiger partial charge is 0.158 e. The predicted molar refractivity (Wildman–Crippen MR) is 465 cm³/mol. The highest BCUT2D eigenvalue weighted by Gasteiger charge is 2.17. The van der Waals surface area contributed by atoms with Crippen LogP contribution in [0.4, 0.5) is 0 Å². The van der Waals surface area contributed by atoms with Gasteiger partial charge < -0.3 is 62.2 Å². The molecule has 0 saturated heterocycles. The van der Waals surface area contributed by atoms with Crippen molar-refractivity contribution in [1.29, 1.82) is 0 Å². The first-order chi connectivity index (χ1) is 58.3. The molecule has 0 aliphatic heterocycles. The number of Topliss-reactive ketones (excluding diaryl/α,β-unsaturated/α-hetero) is 22. The summed E-state index contributed by atoms with van der Waals surface area (Å²) in [6, 6.07) is 0. The van der Waals surface area contributed by atoms with E-state index in [1.807, 2.05) is 13.8 Å². The summed E-state index contributed by atoms with van der Waals surface area (Å²) in [6.45, 7) is 14.3. The van der Waals surface area contributed by atoms with Crippen molar-refractivity contribution in [2.75, 3.05) is 96.0 Å². The van der Waals surface area contributed by atoms with Gasteiger partial charge in [0.05, 0.1) is 19.3 Å². The van der Waals surface area contributed by atoms with Gasteiger partial charge in [-0.1, -0.05) is 13.8 Å². The topological polar surface area (TPSA) is 460 Å². The van der Waals surface area contributed by atoms with Gasteiger partial charge in [0, 0.05) is 320 Å². The SMILES string of the molecule is CCC(=O)CCCC(=O)CCC(=O)CCOC.CCCC(=O)CCC(=O)CCC(=O)CCOC.COCC(=O)CCC(=O)CCC(=O)CCC(C)=O.COCCC(O)CCC(=O)CCCCC(C)=O.COCCCC(=O)CCC(=O)CCC(=O)CCC(C)=O.COCCCC(=O)CCC(=O)CCCC(C)=O.COCCCC(=O)CCCC(=O)CCC(C)=O. The summed E-state index contributed by atoms with van der Waals surface area (Å²) in [4.78, 5) is 246. The highest BCUT2D eigenvalue weighted by atomic mass is 16.5. The van der Waals surface area contributed by atoms with Gasteiger partial charge in [0.15, 0.2) is 5.78 Å². The van der Waals surface area contributed by atoms with Crippen molar-refractivity contribution < 1.29 is 144 Å². The Labute approximate surface area is 732 Å². The van der Waals surface area contributed by atoms with Crippen LogP contribution in [0.5, 0.6) is 0 Å². The molecular formula is C93H156O30. The van der Waals surface area contributed by atoms with E-state index in [9.17, 15) is 111 Å². The number of hydrogen-bond acceptors (Lipinski definition) is 30. The van der Waals surface area contributed by atoms with Crippen molar-refractivity contribution in [3.05, 3.63) is 0 Å². The largest absolute Gasteiger partial charge is 0.393 e. The van der Waals surface area contributed by atoms with Crippen LogP contribution in [0, 0.1) is 0 Å². The molecule has 0 radical (unpaired) electrons. The van der Waals surface area contributed by atoms with Crippen LogP contribution in [0.25, 0.3) is 0 Å². The molecule has 0 bridgehead atoms. The third kappa shape index (κ3) is 114. The minimum absolute atomic E-state index is 0.000204. The molecule has 1 unspecified atom stereocenters. The Hall–Kier alpha value is -7.58. The van der Waals surface area contributed by atoms with Gasteiger partial charge in [-0.2, -0.15) is 0 Å². The number of aliphatic hydroxyl groups excluding tert-OH is 1. The van der Waals surface area contributed by atoms with Crippen LogP contribution in [-0.4, -0.2) is 234 Å². The van der Waals surface area contributed by atoms with E-state index >= 15 is 0 Å². The number of hydrogen-bond donors (Lipinski definition) is 1. The summed E-state index contributed by atoms with van der Waals surface area (Å²) >= 11 is 0. The van der Waals surface area contributed by atoms with Gasteiger partial charge in [0.1, 0.15) is 128 Å². The molecule has 1 atom stereocenters. The summed E-state index contributed by atoms with van der Waals surface area (Å²) in [5.74, 6) is 0.988. The number of aliphatic hydroxyl groups is 1. The second kappa shape index (κ2) is 95.1. The predicted octanol–water partition coefficient (Wildman–Crippen LogP) is 13.6. The Morgan fingerprint density at radius 3 is 0.659 bits per heavy atom. The van der Waals surface area contributed by atoms with E-state index in [2.05, 4.69) is 4.74 Å². The summed E-state index contributed by atoms with van der Waals surface area (Å²) in [5, 5.41) is 9.50. The number of carbonyl (C=O) groups excluding carboxylic acids is 22. The molecule has 0 aliphatic carbocycles. The average Bonchev–Trinajstić information content (AvgIpc) is 1.01. The van der Waals surface area contributed by atoms with E-state index < -0.39 is 6.10 Å². The zero-order valence-corrected chi connectivity index (χ0v) is 77.5. The lowest BCUT2D eigenvalue weighted by atomic mass is 10.0. The lowest BCUT2D eigenvalue weighted by Gasteiger charge is -2.08. The highest BCUT2D eigenvalue weighted by molar-refractivity contribution is 5.93. The van der Waals surface area contributed by atoms with Gasteiger partial charge in [-0.05, 0) is 105 Å². The van der Waals surface area contributed by atoms with Crippen LogP contribution in [0.15, 0.2) is 0 Å². The summed E-state index contributed by atoms with van der Waals surface area (Å²) in [5.41, 5.74) is 0. The first kappa shape index (κ1) is 129. The van der Waals surface area contributed by atoms with Crippen molar-refractivity contribution in [2.24, 2.45) is 0 Å². The average molecular weight is 1750 g/mol. The van der Waals surface area contributed by atoms with Crippen molar-refractivity contribution in [3.8, 4) is 0 Å². The molecule has 0 aromatic carbocycles. The minimum Gasteiger partial charge on any atom is -0.393 e. The lowest BCUT2D eigenvalue weighted by molar-refractivity contribution is -0.127. The third-order valence-electron chi connectivity index (χ3n) is 18.0. The fourth-order valence-corrected chi connectivity index (χ4v) is 10.3. The minimum atomic E-state index is -0.448. The molecule has 0 rings (SSSR count). The van der Waals surface area contributed by atoms with Crippen LogP contribution < -0.4 is 0 Å². The van der Waals surface area contributed by atoms with Crippen molar-refractivity contribution in [1.82, 2.24) is 0 Å². The highest BCUT2D eigenvalue weighted by Crippen LogP contribution is 2.13. The number of carbonyl (C=O) groups is 22. The maximum atomic E-state index is 11.5. The van der Waals surface area contributed by atoms with E-state index in [1.165, 1.54) is 41.9 Å². The Kier molecular flexibility index (Phi) is 99.4. The molecule has 0 aliphatic rings. The summed E-state index contributed by atoms with van der Waals surface area (Å²) in [7, 11) is 10.9. The zero-order chi connectivity index (χ0) is 94.8. The molecule has 123 heavy (non-hydrogen) atoms. The molecule has 0 amide bonds.